The molecule has 9 heteroatoms. The summed E-state index contributed by atoms with van der Waals surface area (Å²) in [5.41, 5.74) is 1.89. The van der Waals surface area contributed by atoms with E-state index in [0.29, 0.717) is 55.5 Å². The van der Waals surface area contributed by atoms with Gasteiger partial charge in [0.1, 0.15) is 5.82 Å². The number of carbonyl (C=O) groups is 1. The van der Waals surface area contributed by atoms with Gasteiger partial charge in [0.2, 0.25) is 15.9 Å². The molecule has 6 nitrogen and oxygen atoms in total. The lowest BCUT2D eigenvalue weighted by Gasteiger charge is -2.38. The Hall–Kier alpha value is -2.00. The molecule has 0 unspecified atom stereocenters. The average molecular weight is 494 g/mol. The fourth-order valence-corrected chi connectivity index (χ4v) is 6.17. The van der Waals surface area contributed by atoms with Crippen LogP contribution in [0.4, 0.5) is 4.39 Å². The molecule has 1 amide bonds. The van der Waals surface area contributed by atoms with E-state index >= 15 is 0 Å². The second-order valence-electron chi connectivity index (χ2n) is 8.83. The summed E-state index contributed by atoms with van der Waals surface area (Å²) in [5, 5.41) is 0.417. The molecule has 2 aliphatic heterocycles. The number of hydrogen-bond acceptors (Lipinski definition) is 4. The van der Waals surface area contributed by atoms with Crippen LogP contribution in [0.5, 0.6) is 0 Å². The van der Waals surface area contributed by atoms with Gasteiger partial charge in [0, 0.05) is 56.8 Å². The fourth-order valence-electron chi connectivity index (χ4n) is 4.48. The van der Waals surface area contributed by atoms with Gasteiger partial charge < -0.3 is 4.90 Å². The van der Waals surface area contributed by atoms with Crippen molar-refractivity contribution in [2.24, 2.45) is 5.92 Å². The maximum atomic E-state index is 13.3. The molecule has 0 bridgehead atoms. The van der Waals surface area contributed by atoms with Crippen molar-refractivity contribution in [3.05, 3.63) is 64.4 Å². The van der Waals surface area contributed by atoms with Crippen LogP contribution in [0.1, 0.15) is 24.0 Å². The van der Waals surface area contributed by atoms with Crippen LogP contribution in [-0.2, 0) is 21.4 Å². The van der Waals surface area contributed by atoms with Crippen molar-refractivity contribution in [2.75, 3.05) is 39.3 Å². The molecule has 2 aliphatic rings. The predicted molar refractivity (Wildman–Crippen MR) is 126 cm³/mol. The van der Waals surface area contributed by atoms with Crippen molar-refractivity contribution in [2.45, 2.75) is 31.2 Å². The number of piperazine rings is 1. The van der Waals surface area contributed by atoms with Crippen LogP contribution in [0.2, 0.25) is 5.02 Å². The Bertz CT molecular complexity index is 1090. The Balaban J connectivity index is 1.27. The van der Waals surface area contributed by atoms with Crippen molar-refractivity contribution < 1.29 is 17.6 Å². The Labute approximate surface area is 200 Å². The van der Waals surface area contributed by atoms with E-state index in [2.05, 4.69) is 4.90 Å². The van der Waals surface area contributed by atoms with E-state index < -0.39 is 10.0 Å². The third-order valence-electron chi connectivity index (χ3n) is 6.55. The number of piperidine rings is 1. The molecule has 0 N–H and O–H groups in total. The quantitative estimate of drug-likeness (QED) is 0.639. The third kappa shape index (κ3) is 5.57. The number of halogens is 2. The first-order chi connectivity index (χ1) is 15.7. The Morgan fingerprint density at radius 3 is 2.24 bits per heavy atom. The van der Waals surface area contributed by atoms with Crippen LogP contribution in [0, 0.1) is 18.7 Å². The van der Waals surface area contributed by atoms with Crippen LogP contribution < -0.4 is 0 Å². The van der Waals surface area contributed by atoms with E-state index in [0.717, 1.165) is 24.2 Å². The van der Waals surface area contributed by atoms with Crippen LogP contribution in [0.15, 0.2) is 47.4 Å². The van der Waals surface area contributed by atoms with Crippen LogP contribution >= 0.6 is 11.6 Å². The first-order valence-corrected chi connectivity index (χ1v) is 13.1. The number of carbonyl (C=O) groups excluding carboxylic acids is 1. The maximum absolute atomic E-state index is 13.3. The van der Waals surface area contributed by atoms with Crippen LogP contribution in [0.3, 0.4) is 0 Å². The lowest BCUT2D eigenvalue weighted by atomic mass is 9.96. The molecule has 0 aromatic heterocycles. The molecule has 0 radical (unpaired) electrons. The summed E-state index contributed by atoms with van der Waals surface area (Å²) < 4.78 is 40.5. The van der Waals surface area contributed by atoms with Gasteiger partial charge in [0.05, 0.1) is 4.90 Å². The summed E-state index contributed by atoms with van der Waals surface area (Å²) in [6.45, 7) is 5.95. The average Bonchev–Trinajstić information content (AvgIpc) is 2.81. The first-order valence-electron chi connectivity index (χ1n) is 11.3. The van der Waals surface area contributed by atoms with Gasteiger partial charge >= 0.3 is 0 Å². The molecule has 2 aromatic carbocycles. The molecular formula is C24H29ClFN3O3S. The van der Waals surface area contributed by atoms with E-state index in [1.165, 1.54) is 16.4 Å². The highest BCUT2D eigenvalue weighted by Crippen LogP contribution is 2.26. The highest BCUT2D eigenvalue weighted by atomic mass is 35.5. The molecule has 4 rings (SSSR count). The molecule has 0 spiro atoms. The topological polar surface area (TPSA) is 60.9 Å². The predicted octanol–water partition coefficient (Wildman–Crippen LogP) is 3.53. The molecule has 178 valence electrons. The van der Waals surface area contributed by atoms with Crippen molar-refractivity contribution >= 4 is 27.5 Å². The van der Waals surface area contributed by atoms with Gasteiger partial charge in [-0.3, -0.25) is 9.69 Å². The highest BCUT2D eigenvalue weighted by Gasteiger charge is 2.34. The number of sulfonamides is 1. The SMILES string of the molecule is Cc1ccc(S(=O)(=O)N2CCC(C(=O)N3CCN(Cc4ccc(F)cc4Cl)CC3)CC2)cc1. The number of nitrogens with zero attached hydrogens (tertiary/aromatic N) is 3. The second-order valence-corrected chi connectivity index (χ2v) is 11.2. The summed E-state index contributed by atoms with van der Waals surface area (Å²) in [5.74, 6) is -0.383. The molecule has 33 heavy (non-hydrogen) atoms. The molecule has 2 saturated heterocycles. The van der Waals surface area contributed by atoms with E-state index in [1.54, 1.807) is 30.3 Å². The molecule has 0 aliphatic carbocycles. The van der Waals surface area contributed by atoms with Crippen molar-refractivity contribution in [1.29, 1.82) is 0 Å². The second kappa shape index (κ2) is 10.1. The molecule has 0 atom stereocenters. The number of benzene rings is 2. The van der Waals surface area contributed by atoms with Gasteiger partial charge in [-0.2, -0.15) is 4.31 Å². The van der Waals surface area contributed by atoms with E-state index in [1.807, 2.05) is 11.8 Å². The van der Waals surface area contributed by atoms with Crippen LogP contribution in [-0.4, -0.2) is 67.7 Å². The summed E-state index contributed by atoms with van der Waals surface area (Å²) >= 11 is 6.14. The minimum atomic E-state index is -3.53. The molecule has 0 saturated carbocycles. The first kappa shape index (κ1) is 24.1. The number of aryl methyl sites for hydroxylation is 1. The van der Waals surface area contributed by atoms with Crippen molar-refractivity contribution in [3.63, 3.8) is 0 Å². The summed E-state index contributed by atoms with van der Waals surface area (Å²) in [6.07, 6.45) is 1.07. The van der Waals surface area contributed by atoms with Gasteiger partial charge in [-0.25, -0.2) is 12.8 Å². The molecule has 2 aromatic rings. The Morgan fingerprint density at radius 2 is 1.64 bits per heavy atom. The zero-order valence-corrected chi connectivity index (χ0v) is 20.3. The minimum Gasteiger partial charge on any atom is -0.340 e. The van der Waals surface area contributed by atoms with E-state index in [9.17, 15) is 17.6 Å². The van der Waals surface area contributed by atoms with Gasteiger partial charge in [0.25, 0.3) is 0 Å². The van der Waals surface area contributed by atoms with E-state index in [4.69, 9.17) is 11.6 Å². The monoisotopic (exact) mass is 493 g/mol. The normalized spacial score (nSPS) is 19.1. The van der Waals surface area contributed by atoms with Crippen molar-refractivity contribution in [3.8, 4) is 0 Å². The number of rotatable bonds is 5. The van der Waals surface area contributed by atoms with Gasteiger partial charge in [-0.15, -0.1) is 0 Å². The zero-order valence-electron chi connectivity index (χ0n) is 18.7. The third-order valence-corrected chi connectivity index (χ3v) is 8.82. The summed E-state index contributed by atoms with van der Waals surface area (Å²) in [7, 11) is -3.53. The fraction of sp³-hybridized carbons (Fsp3) is 0.458. The summed E-state index contributed by atoms with van der Waals surface area (Å²) in [4.78, 5) is 17.4. The number of amides is 1. The zero-order chi connectivity index (χ0) is 23.6. The number of hydrogen-bond donors (Lipinski definition) is 0. The lowest BCUT2D eigenvalue weighted by Crippen LogP contribution is -2.51. The van der Waals surface area contributed by atoms with Crippen molar-refractivity contribution in [1.82, 2.24) is 14.1 Å². The van der Waals surface area contributed by atoms with E-state index in [-0.39, 0.29) is 17.6 Å². The highest BCUT2D eigenvalue weighted by molar-refractivity contribution is 7.89. The summed E-state index contributed by atoms with van der Waals surface area (Å²) in [6, 6.07) is 11.3. The Kier molecular flexibility index (Phi) is 7.38. The maximum Gasteiger partial charge on any atom is 0.243 e. The smallest absolute Gasteiger partial charge is 0.243 e. The molecule has 2 fully saturated rings. The van der Waals surface area contributed by atoms with Crippen LogP contribution in [0.25, 0.3) is 0 Å². The Morgan fingerprint density at radius 1 is 1.00 bits per heavy atom. The minimum absolute atomic E-state index is 0.113. The largest absolute Gasteiger partial charge is 0.340 e. The standard InChI is InChI=1S/C24H29ClFN3O3S/c1-18-2-6-22(7-3-18)33(31,32)29-10-8-19(9-11-29)24(30)28-14-12-27(13-15-28)17-20-4-5-21(26)16-23(20)25/h2-7,16,19H,8-15,17H2,1H3. The lowest BCUT2D eigenvalue weighted by molar-refractivity contribution is -0.138. The van der Waals surface area contributed by atoms with Gasteiger partial charge in [-0.1, -0.05) is 35.4 Å². The van der Waals surface area contributed by atoms with Gasteiger partial charge in [-0.05, 0) is 49.6 Å². The molecule has 2 heterocycles. The van der Waals surface area contributed by atoms with Gasteiger partial charge in [0.15, 0.2) is 0 Å². The molecular weight excluding hydrogens is 465 g/mol.